The van der Waals surface area contributed by atoms with Gasteiger partial charge in [0.15, 0.2) is 11.5 Å². The number of nitrogens with two attached hydrogens (primary N) is 2. The Morgan fingerprint density at radius 1 is 0.968 bits per heavy atom. The minimum absolute atomic E-state index is 0.0575. The molecule has 10 nitrogen and oxygen atoms in total. The normalized spacial score (nSPS) is 19.6. The SMILES string of the molecule is NC1=C(Oc2ccc(S(=O)(=O)O)cc2)C(N)(S(=O)(=O)O)CC(C(=O)c2ccccc2)=C1. The highest BCUT2D eigenvalue weighted by molar-refractivity contribution is 7.87. The van der Waals surface area contributed by atoms with Crippen molar-refractivity contribution in [1.82, 2.24) is 0 Å². The monoisotopic (exact) mass is 466 g/mol. The van der Waals surface area contributed by atoms with Crippen LogP contribution in [-0.4, -0.2) is 36.6 Å². The smallest absolute Gasteiger partial charge is 0.294 e. The number of rotatable bonds is 6. The lowest BCUT2D eigenvalue weighted by molar-refractivity contribution is 0.102. The van der Waals surface area contributed by atoms with Gasteiger partial charge >= 0.3 is 0 Å². The third-order valence-electron chi connectivity index (χ3n) is 4.56. The number of Topliss-reactive ketones (excluding diaryl/α,β-unsaturated/α-hetero) is 1. The van der Waals surface area contributed by atoms with E-state index in [0.29, 0.717) is 0 Å². The molecule has 0 heterocycles. The molecule has 164 valence electrons. The van der Waals surface area contributed by atoms with Gasteiger partial charge in [-0.2, -0.15) is 16.8 Å². The van der Waals surface area contributed by atoms with Crippen molar-refractivity contribution in [3.05, 3.63) is 83.3 Å². The Morgan fingerprint density at radius 2 is 1.55 bits per heavy atom. The fourth-order valence-corrected chi connectivity index (χ4v) is 4.20. The van der Waals surface area contributed by atoms with Crippen LogP contribution in [0.2, 0.25) is 0 Å². The van der Waals surface area contributed by atoms with Gasteiger partial charge in [0.25, 0.3) is 20.2 Å². The number of hydrogen-bond acceptors (Lipinski definition) is 8. The molecule has 1 unspecified atom stereocenters. The molecule has 3 rings (SSSR count). The van der Waals surface area contributed by atoms with Gasteiger partial charge in [0, 0.05) is 17.6 Å². The van der Waals surface area contributed by atoms with E-state index >= 15 is 0 Å². The largest absolute Gasteiger partial charge is 0.456 e. The minimum Gasteiger partial charge on any atom is -0.456 e. The Morgan fingerprint density at radius 3 is 2.06 bits per heavy atom. The molecule has 1 atom stereocenters. The van der Waals surface area contributed by atoms with E-state index in [9.17, 15) is 26.2 Å². The van der Waals surface area contributed by atoms with Crippen LogP contribution < -0.4 is 16.2 Å². The summed E-state index contributed by atoms with van der Waals surface area (Å²) in [5, 5.41) is 0. The highest BCUT2D eigenvalue weighted by Crippen LogP contribution is 2.36. The lowest BCUT2D eigenvalue weighted by Crippen LogP contribution is -2.53. The number of hydrogen-bond donors (Lipinski definition) is 4. The Kier molecular flexibility index (Phi) is 5.78. The van der Waals surface area contributed by atoms with Crippen LogP contribution in [-0.2, 0) is 20.2 Å². The zero-order chi connectivity index (χ0) is 23.0. The molecule has 0 radical (unpaired) electrons. The summed E-state index contributed by atoms with van der Waals surface area (Å²) in [6, 6.07) is 12.3. The van der Waals surface area contributed by atoms with Crippen LogP contribution in [0.1, 0.15) is 16.8 Å². The highest BCUT2D eigenvalue weighted by Gasteiger charge is 2.49. The lowest BCUT2D eigenvalue weighted by atomic mass is 9.91. The van der Waals surface area contributed by atoms with E-state index in [-0.39, 0.29) is 22.6 Å². The van der Waals surface area contributed by atoms with Gasteiger partial charge in [0.1, 0.15) is 5.75 Å². The van der Waals surface area contributed by atoms with Crippen LogP contribution in [0.5, 0.6) is 5.75 Å². The zero-order valence-corrected chi connectivity index (χ0v) is 17.4. The predicted octanol–water partition coefficient (Wildman–Crippen LogP) is 1.24. The van der Waals surface area contributed by atoms with Crippen molar-refractivity contribution < 1.29 is 35.5 Å². The van der Waals surface area contributed by atoms with Crippen molar-refractivity contribution in [2.75, 3.05) is 0 Å². The van der Waals surface area contributed by atoms with Gasteiger partial charge in [-0.1, -0.05) is 30.3 Å². The lowest BCUT2D eigenvalue weighted by Gasteiger charge is -2.33. The molecule has 31 heavy (non-hydrogen) atoms. The number of ether oxygens (including phenoxy) is 1. The summed E-state index contributed by atoms with van der Waals surface area (Å²) >= 11 is 0. The molecule has 2 aromatic rings. The fraction of sp³-hybridized carbons (Fsp3) is 0.105. The van der Waals surface area contributed by atoms with Gasteiger partial charge < -0.3 is 16.2 Å². The number of allylic oxidation sites excluding steroid dienone is 1. The second-order valence-corrected chi connectivity index (χ2v) is 9.84. The summed E-state index contributed by atoms with van der Waals surface area (Å²) in [6.45, 7) is 0. The third kappa shape index (κ3) is 4.52. The van der Waals surface area contributed by atoms with Crippen LogP contribution in [0.4, 0.5) is 0 Å². The maximum atomic E-state index is 12.8. The molecule has 0 bridgehead atoms. The molecule has 1 aliphatic carbocycles. The van der Waals surface area contributed by atoms with E-state index in [1.807, 2.05) is 0 Å². The van der Waals surface area contributed by atoms with E-state index in [0.717, 1.165) is 24.3 Å². The quantitative estimate of drug-likeness (QED) is 0.356. The first-order valence-electron chi connectivity index (χ1n) is 8.65. The first-order valence-corrected chi connectivity index (χ1v) is 11.5. The second kappa shape index (κ2) is 7.90. The minimum atomic E-state index is -5.02. The summed E-state index contributed by atoms with van der Waals surface area (Å²) in [5.74, 6) is -1.15. The first-order chi connectivity index (χ1) is 14.3. The molecule has 12 heteroatoms. The van der Waals surface area contributed by atoms with Crippen LogP contribution >= 0.6 is 0 Å². The summed E-state index contributed by atoms with van der Waals surface area (Å²) in [5.41, 5.74) is 11.8. The Labute approximate surface area is 178 Å². The Balaban J connectivity index is 2.05. The van der Waals surface area contributed by atoms with E-state index in [2.05, 4.69) is 0 Å². The number of carbonyl (C=O) groups is 1. The van der Waals surface area contributed by atoms with Crippen molar-refractivity contribution in [2.24, 2.45) is 11.5 Å². The van der Waals surface area contributed by atoms with Gasteiger partial charge in [-0.05, 0) is 30.3 Å². The maximum absolute atomic E-state index is 12.8. The van der Waals surface area contributed by atoms with Crippen LogP contribution in [0, 0.1) is 0 Å². The van der Waals surface area contributed by atoms with Gasteiger partial charge in [-0.3, -0.25) is 13.9 Å². The van der Waals surface area contributed by atoms with Gasteiger partial charge in [0.2, 0.25) is 4.87 Å². The van der Waals surface area contributed by atoms with Crippen molar-refractivity contribution >= 4 is 26.0 Å². The molecular formula is C19H18N2O8S2. The summed E-state index contributed by atoms with van der Waals surface area (Å²) in [6.07, 6.45) is 0.576. The molecule has 1 aliphatic rings. The van der Waals surface area contributed by atoms with E-state index < -0.39 is 48.0 Å². The molecule has 6 N–H and O–H groups in total. The third-order valence-corrected chi connectivity index (χ3v) is 6.68. The van der Waals surface area contributed by atoms with Crippen molar-refractivity contribution in [3.63, 3.8) is 0 Å². The van der Waals surface area contributed by atoms with E-state index in [1.165, 1.54) is 18.2 Å². The summed E-state index contributed by atoms with van der Waals surface area (Å²) < 4.78 is 70.9. The number of ketones is 1. The van der Waals surface area contributed by atoms with Crippen LogP contribution in [0.25, 0.3) is 0 Å². The molecular weight excluding hydrogens is 448 g/mol. The topological polar surface area (TPSA) is 187 Å². The van der Waals surface area contributed by atoms with Crippen molar-refractivity contribution in [3.8, 4) is 5.75 Å². The molecule has 0 saturated heterocycles. The van der Waals surface area contributed by atoms with Crippen molar-refractivity contribution in [2.45, 2.75) is 16.2 Å². The molecule has 2 aromatic carbocycles. The van der Waals surface area contributed by atoms with E-state index in [1.54, 1.807) is 18.2 Å². The second-order valence-electron chi connectivity index (χ2n) is 6.74. The molecule has 0 spiro atoms. The first kappa shape index (κ1) is 22.7. The van der Waals surface area contributed by atoms with Gasteiger partial charge in [-0.15, -0.1) is 0 Å². The molecule has 0 aliphatic heterocycles. The van der Waals surface area contributed by atoms with Gasteiger partial charge in [0.05, 0.1) is 10.6 Å². The summed E-state index contributed by atoms with van der Waals surface area (Å²) in [4.78, 5) is 9.76. The van der Waals surface area contributed by atoms with Gasteiger partial charge in [-0.25, -0.2) is 0 Å². The predicted molar refractivity (Wildman–Crippen MR) is 110 cm³/mol. The van der Waals surface area contributed by atoms with Crippen LogP contribution in [0.15, 0.2) is 82.6 Å². The van der Waals surface area contributed by atoms with E-state index in [4.69, 9.17) is 20.8 Å². The number of benzene rings is 2. The van der Waals surface area contributed by atoms with Crippen LogP contribution in [0.3, 0.4) is 0 Å². The zero-order valence-electron chi connectivity index (χ0n) is 15.8. The Hall–Kier alpha value is -3.03. The molecule has 0 aromatic heterocycles. The fourth-order valence-electron chi connectivity index (χ4n) is 2.98. The molecule has 0 saturated carbocycles. The molecule has 0 amide bonds. The molecule has 0 fully saturated rings. The maximum Gasteiger partial charge on any atom is 0.294 e. The Bertz CT molecular complexity index is 1300. The standard InChI is InChI=1S/C19H18N2O8S2/c20-16-10-13(17(22)12-4-2-1-3-5-12)11-19(21,31(26,27)28)18(16)29-14-6-8-15(9-7-14)30(23,24)25/h1-10H,11,20-21H2,(H,23,24,25)(H,26,27,28). The average Bonchev–Trinajstić information content (AvgIpc) is 2.69. The highest BCUT2D eigenvalue weighted by atomic mass is 32.2. The number of carbonyl (C=O) groups excluding carboxylic acids is 1. The summed E-state index contributed by atoms with van der Waals surface area (Å²) in [7, 11) is -9.47. The van der Waals surface area contributed by atoms with Crippen molar-refractivity contribution in [1.29, 1.82) is 0 Å². The average molecular weight is 466 g/mol.